The van der Waals surface area contributed by atoms with Crippen LogP contribution in [0.1, 0.15) is 29.2 Å². The van der Waals surface area contributed by atoms with Crippen LogP contribution in [0.4, 0.5) is 11.6 Å². The van der Waals surface area contributed by atoms with Gasteiger partial charge in [0.1, 0.15) is 11.6 Å². The largest absolute Gasteiger partial charge is 0.384 e. The van der Waals surface area contributed by atoms with Crippen LogP contribution >= 0.6 is 0 Å². The molecule has 0 atom stereocenters. The number of hydrogen-bond donors (Lipinski definition) is 1. The van der Waals surface area contributed by atoms with Gasteiger partial charge in [0.2, 0.25) is 0 Å². The lowest BCUT2D eigenvalue weighted by molar-refractivity contribution is 0.0691. The Labute approximate surface area is 207 Å². The van der Waals surface area contributed by atoms with Crippen molar-refractivity contribution in [1.82, 2.24) is 34.6 Å². The molecule has 6 heterocycles. The zero-order valence-corrected chi connectivity index (χ0v) is 19.8. The van der Waals surface area contributed by atoms with E-state index < -0.39 is 0 Å². The van der Waals surface area contributed by atoms with Crippen molar-refractivity contribution in [2.75, 3.05) is 50.0 Å². The van der Waals surface area contributed by atoms with E-state index in [0.717, 1.165) is 48.3 Å². The maximum absolute atomic E-state index is 12.9. The van der Waals surface area contributed by atoms with Crippen molar-refractivity contribution in [2.45, 2.75) is 18.9 Å². The highest BCUT2D eigenvalue weighted by molar-refractivity contribution is 5.94. The van der Waals surface area contributed by atoms with Crippen molar-refractivity contribution >= 4 is 28.6 Å². The lowest BCUT2D eigenvalue weighted by Gasteiger charge is -2.32. The van der Waals surface area contributed by atoms with Crippen LogP contribution in [0, 0.1) is 0 Å². The summed E-state index contributed by atoms with van der Waals surface area (Å²) in [5.41, 5.74) is 8.00. The van der Waals surface area contributed by atoms with Gasteiger partial charge < -0.3 is 20.3 Å². The molecule has 0 bridgehead atoms. The quantitative estimate of drug-likeness (QED) is 0.462. The number of likely N-dealkylation sites (tertiary alicyclic amines) is 1. The first kappa shape index (κ1) is 22.4. The van der Waals surface area contributed by atoms with Gasteiger partial charge in [0.15, 0.2) is 11.5 Å². The van der Waals surface area contributed by atoms with Crippen molar-refractivity contribution in [3.8, 4) is 11.4 Å². The molecule has 36 heavy (non-hydrogen) atoms. The molecule has 0 radical (unpaired) electrons. The summed E-state index contributed by atoms with van der Waals surface area (Å²) in [6.45, 7) is 4.12. The Morgan fingerprint density at radius 2 is 1.83 bits per heavy atom. The first-order chi connectivity index (χ1) is 17.7. The highest BCUT2D eigenvalue weighted by Crippen LogP contribution is 2.32. The van der Waals surface area contributed by atoms with Crippen LogP contribution in [0.15, 0.2) is 49.1 Å². The average molecular weight is 486 g/mol. The normalized spacial score (nSPS) is 17.0. The molecule has 0 unspecified atom stereocenters. The highest BCUT2D eigenvalue weighted by Gasteiger charge is 2.28. The zero-order chi connectivity index (χ0) is 24.5. The number of pyridine rings is 2. The van der Waals surface area contributed by atoms with Gasteiger partial charge in [0, 0.05) is 50.3 Å². The Morgan fingerprint density at radius 3 is 2.56 bits per heavy atom. The predicted octanol–water partition coefficient (Wildman–Crippen LogP) is 2.18. The van der Waals surface area contributed by atoms with Gasteiger partial charge >= 0.3 is 0 Å². The third kappa shape index (κ3) is 4.22. The molecule has 11 nitrogen and oxygen atoms in total. The molecule has 1 amide bonds. The molecule has 184 valence electrons. The molecule has 0 aliphatic carbocycles. The van der Waals surface area contributed by atoms with Crippen LogP contribution in [0.3, 0.4) is 0 Å². The lowest BCUT2D eigenvalue weighted by Crippen LogP contribution is -2.39. The minimum absolute atomic E-state index is 0.0157. The van der Waals surface area contributed by atoms with Gasteiger partial charge in [-0.05, 0) is 37.1 Å². The van der Waals surface area contributed by atoms with Crippen LogP contribution in [-0.2, 0) is 4.74 Å². The molecule has 4 aromatic rings. The Morgan fingerprint density at radius 1 is 1.00 bits per heavy atom. The number of nitrogens with zero attached hydrogens (tertiary/aromatic N) is 8. The molecule has 2 aliphatic heterocycles. The number of carbonyl (C=O) groups is 1. The van der Waals surface area contributed by atoms with Crippen LogP contribution in [0.5, 0.6) is 0 Å². The standard InChI is InChI=1S/C25H27N9O2/c26-21-4-3-17(15-28-21)22-30-23(32-10-12-36-13-11-32)20-16-29-34(24(20)31-22)19-5-8-33(9-6-19)25(35)18-2-1-7-27-14-18/h1-4,7,14-16,19H,5-6,8-13H2,(H2,26,28). The number of hydrogen-bond acceptors (Lipinski definition) is 9. The Kier molecular flexibility index (Phi) is 5.90. The summed E-state index contributed by atoms with van der Waals surface area (Å²) in [5, 5.41) is 5.67. The molecule has 0 saturated carbocycles. The maximum atomic E-state index is 12.9. The van der Waals surface area contributed by atoms with E-state index in [9.17, 15) is 4.79 Å². The van der Waals surface area contributed by atoms with Crippen molar-refractivity contribution < 1.29 is 9.53 Å². The second kappa shape index (κ2) is 9.50. The molecular formula is C25H27N9O2. The van der Waals surface area contributed by atoms with Gasteiger partial charge in [-0.1, -0.05) is 0 Å². The van der Waals surface area contributed by atoms with E-state index in [1.165, 1.54) is 0 Å². The van der Waals surface area contributed by atoms with E-state index in [0.29, 0.717) is 43.5 Å². The molecular weight excluding hydrogens is 458 g/mol. The van der Waals surface area contributed by atoms with Crippen LogP contribution in [0.25, 0.3) is 22.4 Å². The summed E-state index contributed by atoms with van der Waals surface area (Å²) in [6.07, 6.45) is 8.43. The van der Waals surface area contributed by atoms with Gasteiger partial charge in [-0.15, -0.1) is 0 Å². The highest BCUT2D eigenvalue weighted by atomic mass is 16.5. The molecule has 2 fully saturated rings. The molecule has 0 aromatic carbocycles. The molecule has 2 N–H and O–H groups in total. The smallest absolute Gasteiger partial charge is 0.255 e. The number of fused-ring (bicyclic) bond motifs is 1. The van der Waals surface area contributed by atoms with Crippen LogP contribution in [-0.4, -0.2) is 79.9 Å². The first-order valence-electron chi connectivity index (χ1n) is 12.2. The van der Waals surface area contributed by atoms with E-state index >= 15 is 0 Å². The number of nitrogens with two attached hydrogens (primary N) is 1. The van der Waals surface area contributed by atoms with Crippen LogP contribution in [0.2, 0.25) is 0 Å². The summed E-state index contributed by atoms with van der Waals surface area (Å²) in [4.78, 5) is 35.1. The van der Waals surface area contributed by atoms with Gasteiger partial charge in [0.25, 0.3) is 5.91 Å². The number of carbonyl (C=O) groups excluding carboxylic acids is 1. The van der Waals surface area contributed by atoms with Gasteiger partial charge in [-0.25, -0.2) is 19.6 Å². The fourth-order valence-electron chi connectivity index (χ4n) is 4.85. The van der Waals surface area contributed by atoms with Crippen LogP contribution < -0.4 is 10.6 Å². The van der Waals surface area contributed by atoms with Crippen molar-refractivity contribution in [2.24, 2.45) is 0 Å². The Bertz CT molecular complexity index is 1360. The third-order valence-electron chi connectivity index (χ3n) is 6.79. The van der Waals surface area contributed by atoms with Crippen molar-refractivity contribution in [3.63, 3.8) is 0 Å². The minimum atomic E-state index is 0.0157. The summed E-state index contributed by atoms with van der Waals surface area (Å²) < 4.78 is 7.56. The number of piperidine rings is 1. The number of anilines is 2. The molecule has 11 heteroatoms. The molecule has 2 aliphatic rings. The number of aromatic nitrogens is 6. The number of amides is 1. The first-order valence-corrected chi connectivity index (χ1v) is 12.2. The summed E-state index contributed by atoms with van der Waals surface area (Å²) in [6, 6.07) is 7.36. The number of rotatable bonds is 4. The maximum Gasteiger partial charge on any atom is 0.255 e. The van der Waals surface area contributed by atoms with E-state index in [2.05, 4.69) is 14.9 Å². The molecule has 6 rings (SSSR count). The predicted molar refractivity (Wildman–Crippen MR) is 134 cm³/mol. The summed E-state index contributed by atoms with van der Waals surface area (Å²) in [5.74, 6) is 1.90. The average Bonchev–Trinajstić information content (AvgIpc) is 3.38. The third-order valence-corrected chi connectivity index (χ3v) is 6.79. The topological polar surface area (TPSA) is 128 Å². The molecule has 0 spiro atoms. The summed E-state index contributed by atoms with van der Waals surface area (Å²) >= 11 is 0. The molecule has 4 aromatic heterocycles. The van der Waals surface area contributed by atoms with Gasteiger partial charge in [-0.2, -0.15) is 5.10 Å². The lowest BCUT2D eigenvalue weighted by atomic mass is 10.0. The zero-order valence-electron chi connectivity index (χ0n) is 19.8. The number of nitrogen functional groups attached to an aromatic ring is 1. The number of morpholine rings is 1. The number of ether oxygens (including phenoxy) is 1. The summed E-state index contributed by atoms with van der Waals surface area (Å²) in [7, 11) is 0. The minimum Gasteiger partial charge on any atom is -0.384 e. The van der Waals surface area contributed by atoms with E-state index in [-0.39, 0.29) is 11.9 Å². The van der Waals surface area contributed by atoms with Crippen molar-refractivity contribution in [3.05, 3.63) is 54.6 Å². The fraction of sp³-hybridized carbons (Fsp3) is 0.360. The Hall–Kier alpha value is -4.12. The monoisotopic (exact) mass is 485 g/mol. The van der Waals surface area contributed by atoms with Gasteiger partial charge in [-0.3, -0.25) is 9.78 Å². The van der Waals surface area contributed by atoms with E-state index in [4.69, 9.17) is 25.5 Å². The second-order valence-corrected chi connectivity index (χ2v) is 9.03. The second-order valence-electron chi connectivity index (χ2n) is 9.03. The SMILES string of the molecule is Nc1ccc(-c2nc(N3CCOCC3)c3cnn(C4CCN(C(=O)c5cccnc5)CC4)c3n2)cn1. The molecule has 2 saturated heterocycles. The fourth-order valence-corrected chi connectivity index (χ4v) is 4.85. The van der Waals surface area contributed by atoms with E-state index in [1.807, 2.05) is 21.8 Å². The van der Waals surface area contributed by atoms with Gasteiger partial charge in [0.05, 0.1) is 36.4 Å². The Balaban J connectivity index is 1.32. The van der Waals surface area contributed by atoms with Crippen molar-refractivity contribution in [1.29, 1.82) is 0 Å². The van der Waals surface area contributed by atoms with E-state index in [1.54, 1.807) is 36.8 Å².